The number of anilines is 1. The molecule has 0 bridgehead atoms. The van der Waals surface area contributed by atoms with Crippen LogP contribution in [0.15, 0.2) is 73.1 Å². The van der Waals surface area contributed by atoms with Gasteiger partial charge in [-0.3, -0.25) is 4.40 Å². The average Bonchev–Trinajstić information content (AvgIpc) is 3.55. The molecule has 0 spiro atoms. The second-order valence-corrected chi connectivity index (χ2v) is 10.2. The fourth-order valence-electron chi connectivity index (χ4n) is 5.28. The second-order valence-electron chi connectivity index (χ2n) is 10.2. The lowest BCUT2D eigenvalue weighted by molar-refractivity contribution is 0.0715. The number of nitrogens with zero attached hydrogens (tertiary/aromatic N) is 5. The van der Waals surface area contributed by atoms with Crippen LogP contribution in [0.3, 0.4) is 0 Å². The number of pyridine rings is 1. The van der Waals surface area contributed by atoms with Crippen LogP contribution in [0.1, 0.15) is 37.4 Å². The van der Waals surface area contributed by atoms with E-state index in [1.165, 1.54) is 25.9 Å². The summed E-state index contributed by atoms with van der Waals surface area (Å²) in [4.78, 5) is 16.5. The molecule has 1 saturated heterocycles. The Morgan fingerprint density at radius 3 is 2.38 bits per heavy atom. The third-order valence-corrected chi connectivity index (χ3v) is 7.45. The Hall–Kier alpha value is -3.81. The van der Waals surface area contributed by atoms with Crippen molar-refractivity contribution >= 4 is 22.2 Å². The number of imidazole rings is 1. The van der Waals surface area contributed by atoms with Gasteiger partial charge in [0.15, 0.2) is 0 Å². The summed E-state index contributed by atoms with van der Waals surface area (Å²) in [5.41, 5.74) is 11.8. The molecule has 1 aliphatic heterocycles. The predicted octanol–water partition coefficient (Wildman–Crippen LogP) is 5.14. The summed E-state index contributed by atoms with van der Waals surface area (Å²) in [6.07, 6.45) is 7.62. The molecular weight excluding hydrogens is 460 g/mol. The van der Waals surface area contributed by atoms with Crippen molar-refractivity contribution in [2.45, 2.75) is 37.7 Å². The van der Waals surface area contributed by atoms with Crippen LogP contribution in [-0.2, 0) is 0 Å². The molecule has 5 aromatic rings. The van der Waals surface area contributed by atoms with Crippen LogP contribution in [0.4, 0.5) is 5.82 Å². The first-order chi connectivity index (χ1) is 18.1. The van der Waals surface area contributed by atoms with E-state index in [0.717, 1.165) is 57.6 Å². The lowest BCUT2D eigenvalue weighted by Gasteiger charge is -2.30. The second kappa shape index (κ2) is 9.92. The zero-order chi connectivity index (χ0) is 25.4. The monoisotopic (exact) mass is 492 g/mol. The van der Waals surface area contributed by atoms with Gasteiger partial charge in [0, 0.05) is 34.8 Å². The standard InChI is InChI=1S/C25H21N5O.C5H11N/c26-24-23-22(29-25(18-12-19(31)13-18)30(23)11-10-27-24)17-7-6-16-8-9-20(28-21(16)14-17)15-4-2-1-3-5-15;1-6-4-2-3-5-6/h1-11,14,18-19,31H,12-13H2,(H2,26,27);2-5H2,1H3. The molecule has 3 aromatic heterocycles. The highest BCUT2D eigenvalue weighted by atomic mass is 16.3. The number of fused-ring (bicyclic) bond motifs is 2. The largest absolute Gasteiger partial charge is 0.393 e. The summed E-state index contributed by atoms with van der Waals surface area (Å²) in [6, 6.07) is 20.5. The van der Waals surface area contributed by atoms with Crippen molar-refractivity contribution in [1.82, 2.24) is 24.3 Å². The Kier molecular flexibility index (Phi) is 6.32. The van der Waals surface area contributed by atoms with Gasteiger partial charge in [0.1, 0.15) is 22.9 Å². The number of aromatic nitrogens is 4. The summed E-state index contributed by atoms with van der Waals surface area (Å²) in [6.45, 7) is 2.64. The quantitative estimate of drug-likeness (QED) is 0.362. The van der Waals surface area contributed by atoms with E-state index in [2.05, 4.69) is 53.3 Å². The van der Waals surface area contributed by atoms with Crippen molar-refractivity contribution in [3.8, 4) is 22.5 Å². The first-order valence-electron chi connectivity index (χ1n) is 13.0. The van der Waals surface area contributed by atoms with Gasteiger partial charge in [-0.05, 0) is 58.0 Å². The van der Waals surface area contributed by atoms with Crippen molar-refractivity contribution in [2.24, 2.45) is 0 Å². The molecule has 7 nitrogen and oxygen atoms in total. The maximum Gasteiger partial charge on any atom is 0.150 e. The molecular formula is C30H32N6O. The molecule has 7 heteroatoms. The van der Waals surface area contributed by atoms with Gasteiger partial charge in [0.05, 0.1) is 17.3 Å². The van der Waals surface area contributed by atoms with Crippen LogP contribution in [0.5, 0.6) is 0 Å². The van der Waals surface area contributed by atoms with Gasteiger partial charge in [0.2, 0.25) is 0 Å². The Balaban J connectivity index is 0.000000372. The minimum absolute atomic E-state index is 0.223. The number of aliphatic hydroxyl groups is 1. The van der Waals surface area contributed by atoms with E-state index in [1.807, 2.05) is 34.9 Å². The van der Waals surface area contributed by atoms with Crippen LogP contribution in [-0.4, -0.2) is 55.6 Å². The highest BCUT2D eigenvalue weighted by molar-refractivity contribution is 5.91. The number of rotatable bonds is 3. The molecule has 0 unspecified atom stereocenters. The number of nitrogen functional groups attached to an aromatic ring is 1. The molecule has 7 rings (SSSR count). The summed E-state index contributed by atoms with van der Waals surface area (Å²) in [5.74, 6) is 1.60. The van der Waals surface area contributed by atoms with Crippen molar-refractivity contribution in [1.29, 1.82) is 0 Å². The Labute approximate surface area is 216 Å². The van der Waals surface area contributed by atoms with E-state index in [1.54, 1.807) is 6.20 Å². The topological polar surface area (TPSA) is 92.6 Å². The normalized spacial score (nSPS) is 19.5. The van der Waals surface area contributed by atoms with Crippen molar-refractivity contribution < 1.29 is 5.11 Å². The fourth-order valence-corrected chi connectivity index (χ4v) is 5.28. The van der Waals surface area contributed by atoms with Crippen LogP contribution in [0, 0.1) is 0 Å². The SMILES string of the molecule is CN1CCCC1.Nc1nccn2c(C3CC(O)C3)nc(-c3ccc4ccc(-c5ccccc5)nc4c3)c12. The Bertz CT molecular complexity index is 1530. The molecule has 2 fully saturated rings. The molecule has 1 aliphatic carbocycles. The molecule has 0 atom stereocenters. The number of hydrogen-bond donors (Lipinski definition) is 2. The van der Waals surface area contributed by atoms with E-state index >= 15 is 0 Å². The summed E-state index contributed by atoms with van der Waals surface area (Å²) in [5, 5.41) is 10.9. The number of hydrogen-bond acceptors (Lipinski definition) is 6. The highest BCUT2D eigenvalue weighted by Gasteiger charge is 2.33. The molecule has 4 heterocycles. The first kappa shape index (κ1) is 23.6. The maximum absolute atomic E-state index is 9.79. The molecule has 1 saturated carbocycles. The van der Waals surface area contributed by atoms with E-state index in [0.29, 0.717) is 5.82 Å². The molecule has 3 N–H and O–H groups in total. The van der Waals surface area contributed by atoms with Crippen LogP contribution < -0.4 is 5.73 Å². The van der Waals surface area contributed by atoms with Gasteiger partial charge in [-0.15, -0.1) is 0 Å². The molecule has 37 heavy (non-hydrogen) atoms. The number of likely N-dealkylation sites (tertiary alicyclic amines) is 1. The van der Waals surface area contributed by atoms with E-state index in [-0.39, 0.29) is 12.0 Å². The van der Waals surface area contributed by atoms with Crippen LogP contribution >= 0.6 is 0 Å². The van der Waals surface area contributed by atoms with Gasteiger partial charge in [-0.2, -0.15) is 0 Å². The average molecular weight is 493 g/mol. The van der Waals surface area contributed by atoms with Crippen molar-refractivity contribution in [3.05, 3.63) is 78.9 Å². The van der Waals surface area contributed by atoms with Gasteiger partial charge < -0.3 is 15.7 Å². The summed E-state index contributed by atoms with van der Waals surface area (Å²) >= 11 is 0. The summed E-state index contributed by atoms with van der Waals surface area (Å²) in [7, 11) is 2.17. The molecule has 188 valence electrons. The number of nitrogens with two attached hydrogens (primary N) is 1. The van der Waals surface area contributed by atoms with Gasteiger partial charge in [-0.25, -0.2) is 15.0 Å². The van der Waals surface area contributed by atoms with Crippen molar-refractivity contribution in [3.63, 3.8) is 0 Å². The fraction of sp³-hybridized carbons (Fsp3) is 0.300. The van der Waals surface area contributed by atoms with Gasteiger partial charge in [-0.1, -0.05) is 48.5 Å². The zero-order valence-electron chi connectivity index (χ0n) is 21.1. The third kappa shape index (κ3) is 4.68. The van der Waals surface area contributed by atoms with Crippen LogP contribution in [0.2, 0.25) is 0 Å². The summed E-state index contributed by atoms with van der Waals surface area (Å²) < 4.78 is 2.02. The van der Waals surface area contributed by atoms with E-state index in [4.69, 9.17) is 15.7 Å². The first-order valence-corrected chi connectivity index (χ1v) is 13.0. The van der Waals surface area contributed by atoms with Gasteiger partial charge in [0.25, 0.3) is 0 Å². The highest BCUT2D eigenvalue weighted by Crippen LogP contribution is 2.39. The lowest BCUT2D eigenvalue weighted by atomic mass is 9.82. The predicted molar refractivity (Wildman–Crippen MR) is 148 cm³/mol. The van der Waals surface area contributed by atoms with E-state index in [9.17, 15) is 5.11 Å². The number of benzene rings is 2. The smallest absolute Gasteiger partial charge is 0.150 e. The minimum atomic E-state index is -0.249. The Morgan fingerprint density at radius 1 is 0.919 bits per heavy atom. The molecule has 2 aromatic carbocycles. The minimum Gasteiger partial charge on any atom is -0.393 e. The molecule has 2 aliphatic rings. The number of aliphatic hydroxyl groups excluding tert-OH is 1. The van der Waals surface area contributed by atoms with Crippen molar-refractivity contribution in [2.75, 3.05) is 25.9 Å². The Morgan fingerprint density at radius 2 is 1.68 bits per heavy atom. The molecule has 0 radical (unpaired) electrons. The maximum atomic E-state index is 9.79. The molecule has 0 amide bonds. The third-order valence-electron chi connectivity index (χ3n) is 7.45. The van der Waals surface area contributed by atoms with E-state index < -0.39 is 0 Å². The zero-order valence-corrected chi connectivity index (χ0v) is 21.1. The van der Waals surface area contributed by atoms with Gasteiger partial charge >= 0.3 is 0 Å². The lowest BCUT2D eigenvalue weighted by Crippen LogP contribution is -2.27. The van der Waals surface area contributed by atoms with Crippen LogP contribution in [0.25, 0.3) is 38.9 Å².